The highest BCUT2D eigenvalue weighted by Crippen LogP contribution is 2.29. The molecule has 2 atom stereocenters. The zero-order valence-electron chi connectivity index (χ0n) is 15.6. The number of hydrogen-bond donors (Lipinski definition) is 0. The molecule has 2 fully saturated rings. The van der Waals surface area contributed by atoms with Crippen LogP contribution in [0.5, 0.6) is 5.75 Å². The van der Waals surface area contributed by atoms with Gasteiger partial charge in [-0.1, -0.05) is 12.1 Å². The quantitative estimate of drug-likeness (QED) is 0.671. The van der Waals surface area contributed by atoms with Crippen molar-refractivity contribution in [3.63, 3.8) is 0 Å². The van der Waals surface area contributed by atoms with Gasteiger partial charge in [-0.15, -0.1) is 0 Å². The molecule has 0 spiro atoms. The molecule has 3 aromatic rings. The van der Waals surface area contributed by atoms with E-state index in [1.165, 1.54) is 6.20 Å². The standard InChI is InChI=1S/C21H19N5O3/c22-8-17-21(25-7-6-24-17)26-10-19-20(11-26)28-13-15(12-27-19)29-18-3-1-2-14-9-23-5-4-16(14)18/h1-7,9,15,19-20H,10-13H2/t19-,20-/m0/s1. The van der Waals surface area contributed by atoms with Crippen LogP contribution in [-0.4, -0.2) is 59.6 Å². The van der Waals surface area contributed by atoms with E-state index in [1.54, 1.807) is 12.4 Å². The molecule has 0 N–H and O–H groups in total. The molecular formula is C21H19N5O3. The molecule has 0 radical (unpaired) electrons. The highest BCUT2D eigenvalue weighted by Gasteiger charge is 2.39. The lowest BCUT2D eigenvalue weighted by Crippen LogP contribution is -2.30. The van der Waals surface area contributed by atoms with Crippen molar-refractivity contribution in [1.82, 2.24) is 15.0 Å². The zero-order chi connectivity index (χ0) is 19.6. The fourth-order valence-electron chi connectivity index (χ4n) is 3.83. The first-order valence-corrected chi connectivity index (χ1v) is 9.50. The summed E-state index contributed by atoms with van der Waals surface area (Å²) in [5.41, 5.74) is 0.315. The molecule has 5 rings (SSSR count). The van der Waals surface area contributed by atoms with Crippen molar-refractivity contribution in [2.45, 2.75) is 18.3 Å². The van der Waals surface area contributed by atoms with E-state index in [1.807, 2.05) is 35.4 Å². The predicted molar refractivity (Wildman–Crippen MR) is 105 cm³/mol. The summed E-state index contributed by atoms with van der Waals surface area (Å²) in [6, 6.07) is 9.96. The monoisotopic (exact) mass is 389 g/mol. The van der Waals surface area contributed by atoms with E-state index in [4.69, 9.17) is 14.2 Å². The van der Waals surface area contributed by atoms with Crippen molar-refractivity contribution in [3.05, 3.63) is 54.7 Å². The summed E-state index contributed by atoms with van der Waals surface area (Å²) in [5, 5.41) is 11.3. The van der Waals surface area contributed by atoms with E-state index < -0.39 is 0 Å². The maximum absolute atomic E-state index is 9.27. The van der Waals surface area contributed by atoms with Crippen LogP contribution in [0.25, 0.3) is 10.8 Å². The molecule has 0 unspecified atom stereocenters. The van der Waals surface area contributed by atoms with Gasteiger partial charge in [0.15, 0.2) is 11.5 Å². The van der Waals surface area contributed by atoms with Crippen LogP contribution in [0.4, 0.5) is 5.82 Å². The number of ether oxygens (including phenoxy) is 3. The van der Waals surface area contributed by atoms with E-state index in [0.717, 1.165) is 16.5 Å². The van der Waals surface area contributed by atoms with Gasteiger partial charge in [0.2, 0.25) is 0 Å². The number of pyridine rings is 1. The van der Waals surface area contributed by atoms with E-state index in [9.17, 15) is 5.26 Å². The molecule has 29 heavy (non-hydrogen) atoms. The van der Waals surface area contributed by atoms with Crippen molar-refractivity contribution in [3.8, 4) is 11.8 Å². The molecular weight excluding hydrogens is 370 g/mol. The molecule has 1 aromatic carbocycles. The second-order valence-corrected chi connectivity index (χ2v) is 7.08. The second-order valence-electron chi connectivity index (χ2n) is 7.08. The summed E-state index contributed by atoms with van der Waals surface area (Å²) in [6.07, 6.45) is 6.30. The van der Waals surface area contributed by atoms with Gasteiger partial charge in [0.05, 0.1) is 13.2 Å². The van der Waals surface area contributed by atoms with Gasteiger partial charge in [-0.2, -0.15) is 5.26 Å². The fraction of sp³-hybridized carbons (Fsp3) is 0.333. The number of fused-ring (bicyclic) bond motifs is 2. The van der Waals surface area contributed by atoms with E-state index in [2.05, 4.69) is 21.0 Å². The van der Waals surface area contributed by atoms with Crippen LogP contribution in [0.1, 0.15) is 5.69 Å². The van der Waals surface area contributed by atoms with Crippen molar-refractivity contribution in [1.29, 1.82) is 5.26 Å². The third-order valence-corrected chi connectivity index (χ3v) is 5.23. The minimum atomic E-state index is -0.195. The summed E-state index contributed by atoms with van der Waals surface area (Å²) < 4.78 is 18.4. The number of aromatic nitrogens is 3. The van der Waals surface area contributed by atoms with Gasteiger partial charge in [-0.3, -0.25) is 4.98 Å². The summed E-state index contributed by atoms with van der Waals surface area (Å²) in [4.78, 5) is 14.6. The van der Waals surface area contributed by atoms with Crippen molar-refractivity contribution in [2.75, 3.05) is 31.2 Å². The first kappa shape index (κ1) is 17.8. The molecule has 8 nitrogen and oxygen atoms in total. The lowest BCUT2D eigenvalue weighted by molar-refractivity contribution is -0.00461. The Morgan fingerprint density at radius 2 is 1.83 bits per heavy atom. The lowest BCUT2D eigenvalue weighted by Gasteiger charge is -2.21. The average molecular weight is 389 g/mol. The number of anilines is 1. The fourth-order valence-corrected chi connectivity index (χ4v) is 3.83. The molecule has 0 saturated carbocycles. The Balaban J connectivity index is 1.27. The van der Waals surface area contributed by atoms with Gasteiger partial charge in [0.25, 0.3) is 0 Å². The van der Waals surface area contributed by atoms with Crippen LogP contribution in [0, 0.1) is 11.3 Å². The third kappa shape index (κ3) is 3.46. The Morgan fingerprint density at radius 1 is 1.03 bits per heavy atom. The van der Waals surface area contributed by atoms with Crippen molar-refractivity contribution < 1.29 is 14.2 Å². The number of hydrogen-bond acceptors (Lipinski definition) is 8. The Kier molecular flexibility index (Phi) is 4.68. The molecule has 146 valence electrons. The number of nitriles is 1. The Morgan fingerprint density at radius 3 is 2.62 bits per heavy atom. The molecule has 0 aliphatic carbocycles. The maximum Gasteiger partial charge on any atom is 0.183 e. The SMILES string of the molecule is N#Cc1nccnc1N1C[C@@H]2OCC(Oc3cccc4cnccc34)CO[C@H]2C1. The van der Waals surface area contributed by atoms with Crippen molar-refractivity contribution >= 4 is 16.6 Å². The molecule has 2 aromatic heterocycles. The number of benzene rings is 1. The topological polar surface area (TPSA) is 93.4 Å². The highest BCUT2D eigenvalue weighted by atomic mass is 16.6. The first-order valence-electron chi connectivity index (χ1n) is 9.50. The van der Waals surface area contributed by atoms with E-state index in [-0.39, 0.29) is 18.3 Å². The maximum atomic E-state index is 9.27. The molecule has 2 aliphatic heterocycles. The summed E-state index contributed by atoms with van der Waals surface area (Å²) in [6.45, 7) is 2.07. The Labute approximate surface area is 167 Å². The van der Waals surface area contributed by atoms with Crippen LogP contribution < -0.4 is 9.64 Å². The van der Waals surface area contributed by atoms with Gasteiger partial charge < -0.3 is 19.1 Å². The van der Waals surface area contributed by atoms with Crippen LogP contribution in [0.2, 0.25) is 0 Å². The first-order chi connectivity index (χ1) is 14.3. The molecule has 2 saturated heterocycles. The summed E-state index contributed by atoms with van der Waals surface area (Å²) >= 11 is 0. The highest BCUT2D eigenvalue weighted by molar-refractivity contribution is 5.87. The van der Waals surface area contributed by atoms with E-state index >= 15 is 0 Å². The van der Waals surface area contributed by atoms with Crippen LogP contribution in [0.15, 0.2) is 49.1 Å². The zero-order valence-corrected chi connectivity index (χ0v) is 15.6. The van der Waals surface area contributed by atoms with Gasteiger partial charge in [-0.05, 0) is 12.1 Å². The van der Waals surface area contributed by atoms with Crippen LogP contribution in [-0.2, 0) is 9.47 Å². The Hall–Kier alpha value is -3.28. The van der Waals surface area contributed by atoms with Gasteiger partial charge >= 0.3 is 0 Å². The Bertz CT molecular complexity index is 1050. The van der Waals surface area contributed by atoms with Gasteiger partial charge in [0, 0.05) is 48.6 Å². The minimum absolute atomic E-state index is 0.103. The van der Waals surface area contributed by atoms with Gasteiger partial charge in [-0.25, -0.2) is 9.97 Å². The van der Waals surface area contributed by atoms with Crippen LogP contribution in [0.3, 0.4) is 0 Å². The van der Waals surface area contributed by atoms with Gasteiger partial charge in [0.1, 0.15) is 30.1 Å². The molecule has 2 aliphatic rings. The van der Waals surface area contributed by atoms with E-state index in [0.29, 0.717) is 37.8 Å². The third-order valence-electron chi connectivity index (χ3n) is 5.23. The smallest absolute Gasteiger partial charge is 0.183 e. The minimum Gasteiger partial charge on any atom is -0.485 e. The largest absolute Gasteiger partial charge is 0.485 e. The second kappa shape index (κ2) is 7.62. The normalized spacial score (nSPS) is 22.1. The average Bonchev–Trinajstić information content (AvgIpc) is 3.09. The summed E-state index contributed by atoms with van der Waals surface area (Å²) in [5.74, 6) is 1.38. The molecule has 8 heteroatoms. The summed E-state index contributed by atoms with van der Waals surface area (Å²) in [7, 11) is 0. The van der Waals surface area contributed by atoms with Crippen molar-refractivity contribution in [2.24, 2.45) is 0 Å². The molecule has 0 amide bonds. The molecule has 4 heterocycles. The number of nitrogens with zero attached hydrogens (tertiary/aromatic N) is 5. The molecule has 0 bridgehead atoms. The predicted octanol–water partition coefficient (Wildman–Crippen LogP) is 1.95. The lowest BCUT2D eigenvalue weighted by atomic mass is 10.1. The number of rotatable bonds is 3. The van der Waals surface area contributed by atoms with Crippen LogP contribution >= 0.6 is 0 Å².